The Morgan fingerprint density at radius 1 is 0.958 bits per heavy atom. The van der Waals surface area contributed by atoms with Gasteiger partial charge in [-0.3, -0.25) is 14.4 Å². The van der Waals surface area contributed by atoms with Crippen molar-refractivity contribution in [1.82, 2.24) is 0 Å². The predicted molar refractivity (Wildman–Crippen MR) is 91.3 cm³/mol. The van der Waals surface area contributed by atoms with Crippen LogP contribution < -0.4 is 0 Å². The molecule has 4 aliphatic carbocycles. The lowest BCUT2D eigenvalue weighted by Crippen LogP contribution is -2.56. The van der Waals surface area contributed by atoms with Crippen molar-refractivity contribution in [2.75, 3.05) is 0 Å². The van der Waals surface area contributed by atoms with Gasteiger partial charge in [0.05, 0.1) is 0 Å². The number of fused-ring (bicyclic) bond motifs is 5. The summed E-state index contributed by atoms with van der Waals surface area (Å²) in [6, 6.07) is 0. The molecule has 0 aromatic heterocycles. The largest absolute Gasteiger partial charge is 0.300 e. The molecule has 0 heterocycles. The van der Waals surface area contributed by atoms with Gasteiger partial charge in [0.1, 0.15) is 17.3 Å². The van der Waals surface area contributed by atoms with Crippen molar-refractivity contribution in [2.24, 2.45) is 40.4 Å². The first kappa shape index (κ1) is 16.5. The van der Waals surface area contributed by atoms with Crippen LogP contribution in [0.25, 0.3) is 0 Å². The number of hydrogen-bond acceptors (Lipinski definition) is 3. The summed E-state index contributed by atoms with van der Waals surface area (Å²) >= 11 is 0. The van der Waals surface area contributed by atoms with E-state index in [1.165, 1.54) is 0 Å². The van der Waals surface area contributed by atoms with Gasteiger partial charge in [-0.2, -0.15) is 0 Å². The summed E-state index contributed by atoms with van der Waals surface area (Å²) in [7, 11) is 0. The Hall–Kier alpha value is -0.990. The third kappa shape index (κ3) is 2.05. The Labute approximate surface area is 144 Å². The molecule has 0 radical (unpaired) electrons. The van der Waals surface area contributed by atoms with Gasteiger partial charge >= 0.3 is 0 Å². The van der Waals surface area contributed by atoms with Crippen molar-refractivity contribution in [3.05, 3.63) is 0 Å². The Morgan fingerprint density at radius 3 is 2.38 bits per heavy atom. The van der Waals surface area contributed by atoms with Gasteiger partial charge in [-0.05, 0) is 67.6 Å². The van der Waals surface area contributed by atoms with Gasteiger partial charge in [-0.15, -0.1) is 0 Å². The zero-order valence-corrected chi connectivity index (χ0v) is 15.3. The van der Waals surface area contributed by atoms with E-state index in [0.29, 0.717) is 48.6 Å². The Bertz CT molecular complexity index is 608. The van der Waals surface area contributed by atoms with Crippen molar-refractivity contribution in [3.8, 4) is 0 Å². The predicted octanol–water partition coefficient (Wildman–Crippen LogP) is 3.98. The number of ketones is 3. The van der Waals surface area contributed by atoms with E-state index < -0.39 is 0 Å². The normalized spacial score (nSPS) is 50.9. The molecule has 0 aliphatic heterocycles. The molecule has 0 spiro atoms. The summed E-state index contributed by atoms with van der Waals surface area (Å²) in [6.45, 7) is 6.36. The maximum atomic E-state index is 12.9. The fourth-order valence-corrected chi connectivity index (χ4v) is 7.50. The highest BCUT2D eigenvalue weighted by atomic mass is 16.1. The first-order chi connectivity index (χ1) is 11.3. The minimum atomic E-state index is -0.0330. The van der Waals surface area contributed by atoms with Gasteiger partial charge in [-0.1, -0.05) is 13.8 Å². The van der Waals surface area contributed by atoms with Crippen molar-refractivity contribution >= 4 is 17.3 Å². The Balaban J connectivity index is 1.68. The maximum absolute atomic E-state index is 12.9. The van der Waals surface area contributed by atoms with Crippen molar-refractivity contribution in [2.45, 2.75) is 72.1 Å². The van der Waals surface area contributed by atoms with Gasteiger partial charge < -0.3 is 0 Å². The average molecular weight is 330 g/mol. The number of carbonyl (C=O) groups is 3. The van der Waals surface area contributed by atoms with Crippen molar-refractivity contribution in [3.63, 3.8) is 0 Å². The zero-order valence-electron chi connectivity index (χ0n) is 15.3. The number of carbonyl (C=O) groups excluding carboxylic acids is 3. The third-order valence-corrected chi connectivity index (χ3v) is 8.77. The van der Waals surface area contributed by atoms with E-state index in [-0.39, 0.29) is 28.4 Å². The van der Waals surface area contributed by atoms with Crippen LogP contribution in [0.5, 0.6) is 0 Å². The molecule has 4 aliphatic rings. The van der Waals surface area contributed by atoms with E-state index in [0.717, 1.165) is 32.1 Å². The standard InChI is InChI=1S/C21H30O3/c1-12(22)15-4-5-16-14-11-19(24)18-10-13(23)6-8-21(18,3)17(14)7-9-20(15,16)2/h14-18H,4-11H2,1-3H3. The fraction of sp³-hybridized carbons (Fsp3) is 0.857. The van der Waals surface area contributed by atoms with Crippen LogP contribution in [0, 0.1) is 40.4 Å². The smallest absolute Gasteiger partial charge is 0.137 e. The summed E-state index contributed by atoms with van der Waals surface area (Å²) in [6.07, 6.45) is 7.05. The quantitative estimate of drug-likeness (QED) is 0.730. The number of hydrogen-bond donors (Lipinski definition) is 0. The van der Waals surface area contributed by atoms with Crippen molar-refractivity contribution in [1.29, 1.82) is 0 Å². The van der Waals surface area contributed by atoms with E-state index >= 15 is 0 Å². The molecule has 4 saturated carbocycles. The lowest BCUT2D eigenvalue weighted by Gasteiger charge is -2.59. The molecule has 7 unspecified atom stereocenters. The molecule has 3 nitrogen and oxygen atoms in total. The van der Waals surface area contributed by atoms with Crippen LogP contribution in [0.15, 0.2) is 0 Å². The van der Waals surface area contributed by atoms with Crippen LogP contribution in [-0.4, -0.2) is 17.3 Å². The van der Waals surface area contributed by atoms with Crippen LogP contribution in [0.4, 0.5) is 0 Å². The molecular weight excluding hydrogens is 300 g/mol. The minimum Gasteiger partial charge on any atom is -0.300 e. The van der Waals surface area contributed by atoms with Crippen molar-refractivity contribution < 1.29 is 14.4 Å². The number of rotatable bonds is 1. The summed E-state index contributed by atoms with van der Waals surface area (Å²) < 4.78 is 0. The summed E-state index contributed by atoms with van der Waals surface area (Å²) in [5.74, 6) is 2.64. The second-order valence-corrected chi connectivity index (χ2v) is 9.63. The molecule has 24 heavy (non-hydrogen) atoms. The highest BCUT2D eigenvalue weighted by Crippen LogP contribution is 2.66. The minimum absolute atomic E-state index is 0.0174. The molecule has 0 aromatic rings. The second-order valence-electron chi connectivity index (χ2n) is 9.63. The van der Waals surface area contributed by atoms with E-state index in [1.54, 1.807) is 6.92 Å². The van der Waals surface area contributed by atoms with Gasteiger partial charge in [0, 0.05) is 31.1 Å². The van der Waals surface area contributed by atoms with Gasteiger partial charge in [0.2, 0.25) is 0 Å². The molecule has 132 valence electrons. The summed E-state index contributed by atoms with van der Waals surface area (Å²) in [5.41, 5.74) is 0.116. The SMILES string of the molecule is CC(=O)C1CCC2C3CC(=O)C4CC(=O)CCC4(C)C3CCC12C. The van der Waals surface area contributed by atoms with E-state index in [2.05, 4.69) is 13.8 Å². The van der Waals surface area contributed by atoms with Crippen LogP contribution in [0.2, 0.25) is 0 Å². The lowest BCUT2D eigenvalue weighted by atomic mass is 9.44. The number of Topliss-reactive ketones (excluding diaryl/α,β-unsaturated/α-hetero) is 3. The third-order valence-electron chi connectivity index (χ3n) is 8.77. The molecule has 0 aromatic carbocycles. The molecule has 0 saturated heterocycles. The zero-order chi connectivity index (χ0) is 17.3. The second kappa shape index (κ2) is 5.25. The van der Waals surface area contributed by atoms with Crippen LogP contribution in [-0.2, 0) is 14.4 Å². The molecule has 4 rings (SSSR count). The first-order valence-electron chi connectivity index (χ1n) is 9.82. The maximum Gasteiger partial charge on any atom is 0.137 e. The summed E-state index contributed by atoms with van der Waals surface area (Å²) in [4.78, 5) is 37.0. The Morgan fingerprint density at radius 2 is 1.67 bits per heavy atom. The molecule has 7 atom stereocenters. The highest BCUT2D eigenvalue weighted by Gasteiger charge is 2.62. The monoisotopic (exact) mass is 330 g/mol. The van der Waals surface area contributed by atoms with Gasteiger partial charge in [0.25, 0.3) is 0 Å². The van der Waals surface area contributed by atoms with Crippen LogP contribution in [0.1, 0.15) is 72.1 Å². The first-order valence-corrected chi connectivity index (χ1v) is 9.82. The molecule has 0 bridgehead atoms. The molecule has 0 N–H and O–H groups in total. The Kier molecular flexibility index (Phi) is 3.61. The van der Waals surface area contributed by atoms with E-state index in [9.17, 15) is 14.4 Å². The lowest BCUT2D eigenvalue weighted by molar-refractivity contribution is -0.159. The highest BCUT2D eigenvalue weighted by molar-refractivity contribution is 5.91. The van der Waals surface area contributed by atoms with Gasteiger partial charge in [0.15, 0.2) is 0 Å². The average Bonchev–Trinajstić information content (AvgIpc) is 2.87. The van der Waals surface area contributed by atoms with E-state index in [1.807, 2.05) is 0 Å². The van der Waals surface area contributed by atoms with Crippen LogP contribution in [0.3, 0.4) is 0 Å². The summed E-state index contributed by atoms with van der Waals surface area (Å²) in [5, 5.41) is 0. The molecule has 0 amide bonds. The van der Waals surface area contributed by atoms with Crippen LogP contribution >= 0.6 is 0 Å². The fourth-order valence-electron chi connectivity index (χ4n) is 7.50. The molecule has 3 heteroatoms. The molecule has 4 fully saturated rings. The van der Waals surface area contributed by atoms with Gasteiger partial charge in [-0.25, -0.2) is 0 Å². The molecular formula is C21H30O3. The topological polar surface area (TPSA) is 51.2 Å². The van der Waals surface area contributed by atoms with E-state index in [4.69, 9.17) is 0 Å².